The topological polar surface area (TPSA) is 55.1 Å². The number of rotatable bonds is 5. The number of carbonyl (C=O) groups is 1. The quantitative estimate of drug-likeness (QED) is 0.824. The molecular weight excluding hydrogens is 320 g/mol. The van der Waals surface area contributed by atoms with Crippen LogP contribution in [0.3, 0.4) is 0 Å². The zero-order valence-corrected chi connectivity index (χ0v) is 15.0. The zero-order chi connectivity index (χ0) is 16.7. The summed E-state index contributed by atoms with van der Waals surface area (Å²) in [6.45, 7) is 4.09. The fourth-order valence-electron chi connectivity index (χ4n) is 4.46. The number of carbonyl (C=O) groups excluding carboxylic acids is 1. The summed E-state index contributed by atoms with van der Waals surface area (Å²) in [6, 6.07) is 7.94. The van der Waals surface area contributed by atoms with Gasteiger partial charge in [0.1, 0.15) is 5.52 Å². The van der Waals surface area contributed by atoms with Gasteiger partial charge in [-0.2, -0.15) is 0 Å². The van der Waals surface area contributed by atoms with Crippen LogP contribution in [-0.4, -0.2) is 22.2 Å². The Bertz CT molecular complexity index is 711. The van der Waals surface area contributed by atoms with E-state index in [1.807, 2.05) is 31.2 Å². The number of thioether (sulfide) groups is 1. The van der Waals surface area contributed by atoms with Gasteiger partial charge in [0.15, 0.2) is 5.58 Å². The molecule has 128 valence electrons. The Balaban J connectivity index is 1.35. The van der Waals surface area contributed by atoms with Crippen molar-refractivity contribution in [2.24, 2.45) is 17.8 Å². The Kier molecular flexibility index (Phi) is 4.29. The van der Waals surface area contributed by atoms with Gasteiger partial charge in [0, 0.05) is 6.04 Å². The highest BCUT2D eigenvalue weighted by Crippen LogP contribution is 2.49. The van der Waals surface area contributed by atoms with Crippen molar-refractivity contribution in [3.05, 3.63) is 24.3 Å². The number of hydrogen-bond acceptors (Lipinski definition) is 4. The summed E-state index contributed by atoms with van der Waals surface area (Å²) in [4.78, 5) is 17.0. The van der Waals surface area contributed by atoms with E-state index in [1.54, 1.807) is 0 Å². The Hall–Kier alpha value is -1.49. The summed E-state index contributed by atoms with van der Waals surface area (Å²) in [7, 11) is 0. The predicted molar refractivity (Wildman–Crippen MR) is 95.9 cm³/mol. The van der Waals surface area contributed by atoms with Crippen LogP contribution in [0, 0.1) is 17.8 Å². The third kappa shape index (κ3) is 3.06. The van der Waals surface area contributed by atoms with Gasteiger partial charge in [0.05, 0.1) is 5.25 Å². The van der Waals surface area contributed by atoms with Crippen LogP contribution >= 0.6 is 11.8 Å². The summed E-state index contributed by atoms with van der Waals surface area (Å²) >= 11 is 1.39. The first kappa shape index (κ1) is 16.0. The van der Waals surface area contributed by atoms with Gasteiger partial charge in [0.25, 0.3) is 5.22 Å². The molecule has 1 amide bonds. The van der Waals surface area contributed by atoms with Crippen molar-refractivity contribution >= 4 is 28.8 Å². The first-order valence-corrected chi connectivity index (χ1v) is 9.80. The number of fused-ring (bicyclic) bond motifs is 3. The number of hydrogen-bond donors (Lipinski definition) is 1. The molecule has 5 heteroatoms. The standard InChI is InChI=1S/C19H24N2O2S/c1-11(15-10-13-7-8-14(15)9-13)20-18(22)12(2)24-19-21-16-5-3-4-6-17(16)23-19/h3-6,11-15H,7-10H2,1-2H3,(H,20,22)/t11-,12-,13-,14-,15-/m1/s1. The fourth-order valence-corrected chi connectivity index (χ4v) is 5.23. The minimum absolute atomic E-state index is 0.0810. The highest BCUT2D eigenvalue weighted by Gasteiger charge is 2.42. The van der Waals surface area contributed by atoms with E-state index in [9.17, 15) is 4.79 Å². The Morgan fingerprint density at radius 1 is 1.29 bits per heavy atom. The number of benzene rings is 1. The van der Waals surface area contributed by atoms with Crippen LogP contribution in [0.25, 0.3) is 11.1 Å². The second-order valence-corrected chi connectivity index (χ2v) is 8.64. The van der Waals surface area contributed by atoms with Gasteiger partial charge < -0.3 is 9.73 Å². The molecule has 2 saturated carbocycles. The van der Waals surface area contributed by atoms with E-state index in [1.165, 1.54) is 37.4 Å². The molecule has 5 atom stereocenters. The molecule has 1 heterocycles. The number of aromatic nitrogens is 1. The number of nitrogens with one attached hydrogen (secondary N) is 1. The first-order chi connectivity index (χ1) is 11.6. The van der Waals surface area contributed by atoms with Crippen molar-refractivity contribution in [2.45, 2.75) is 56.0 Å². The molecule has 0 aliphatic heterocycles. The maximum Gasteiger partial charge on any atom is 0.257 e. The molecule has 0 spiro atoms. The van der Waals surface area contributed by atoms with Crippen LogP contribution in [0.4, 0.5) is 0 Å². The summed E-state index contributed by atoms with van der Waals surface area (Å²) < 4.78 is 5.71. The van der Waals surface area contributed by atoms with E-state index < -0.39 is 0 Å². The van der Waals surface area contributed by atoms with E-state index in [-0.39, 0.29) is 17.2 Å². The van der Waals surface area contributed by atoms with Crippen molar-refractivity contribution in [3.63, 3.8) is 0 Å². The second kappa shape index (κ2) is 6.43. The van der Waals surface area contributed by atoms with Crippen LogP contribution in [0.1, 0.15) is 39.5 Å². The molecule has 2 aliphatic carbocycles. The monoisotopic (exact) mass is 344 g/mol. The van der Waals surface area contributed by atoms with Crippen LogP contribution in [0.5, 0.6) is 0 Å². The molecule has 0 saturated heterocycles. The van der Waals surface area contributed by atoms with Gasteiger partial charge in [0.2, 0.25) is 5.91 Å². The molecule has 2 fully saturated rings. The number of oxazole rings is 1. The minimum atomic E-state index is -0.209. The Morgan fingerprint density at radius 2 is 2.12 bits per heavy atom. The molecule has 4 rings (SSSR count). The third-order valence-corrected chi connectivity index (χ3v) is 6.67. The van der Waals surface area contributed by atoms with Crippen LogP contribution in [0.15, 0.2) is 33.9 Å². The van der Waals surface area contributed by atoms with Gasteiger partial charge >= 0.3 is 0 Å². The van der Waals surface area contributed by atoms with Crippen molar-refractivity contribution < 1.29 is 9.21 Å². The van der Waals surface area contributed by atoms with Crippen LogP contribution in [0.2, 0.25) is 0 Å². The number of para-hydroxylation sites is 2. The van der Waals surface area contributed by atoms with E-state index in [0.29, 0.717) is 11.1 Å². The highest BCUT2D eigenvalue weighted by atomic mass is 32.2. The molecule has 24 heavy (non-hydrogen) atoms. The SMILES string of the molecule is C[C@@H](Sc1nc2ccccc2o1)C(=O)N[C@H](C)[C@H]1C[C@@H]2CC[C@@H]1C2. The van der Waals surface area contributed by atoms with Gasteiger partial charge in [-0.3, -0.25) is 4.79 Å². The molecular formula is C19H24N2O2S. The maximum absolute atomic E-state index is 12.5. The van der Waals surface area contributed by atoms with Crippen LogP contribution in [-0.2, 0) is 4.79 Å². The summed E-state index contributed by atoms with van der Waals surface area (Å²) in [5.74, 6) is 2.47. The summed E-state index contributed by atoms with van der Waals surface area (Å²) in [5.41, 5.74) is 1.60. The molecule has 2 aromatic rings. The molecule has 0 unspecified atom stereocenters. The zero-order valence-electron chi connectivity index (χ0n) is 14.2. The third-order valence-electron chi connectivity index (χ3n) is 5.73. The van der Waals surface area contributed by atoms with Crippen molar-refractivity contribution in [2.75, 3.05) is 0 Å². The Labute approximate surface area is 146 Å². The molecule has 0 radical (unpaired) electrons. The van der Waals surface area contributed by atoms with Gasteiger partial charge in [-0.05, 0) is 63.0 Å². The minimum Gasteiger partial charge on any atom is -0.431 e. The van der Waals surface area contributed by atoms with Gasteiger partial charge in [-0.25, -0.2) is 4.98 Å². The Morgan fingerprint density at radius 3 is 2.83 bits per heavy atom. The molecule has 1 N–H and O–H groups in total. The van der Waals surface area contributed by atoms with Crippen molar-refractivity contribution in [1.29, 1.82) is 0 Å². The van der Waals surface area contributed by atoms with E-state index in [2.05, 4.69) is 17.2 Å². The molecule has 2 bridgehead atoms. The summed E-state index contributed by atoms with van der Waals surface area (Å²) in [6.07, 6.45) is 5.41. The van der Waals surface area contributed by atoms with Crippen molar-refractivity contribution in [1.82, 2.24) is 10.3 Å². The normalized spacial score (nSPS) is 28.2. The number of nitrogens with zero attached hydrogens (tertiary/aromatic N) is 1. The highest BCUT2D eigenvalue weighted by molar-refractivity contribution is 8.00. The average molecular weight is 344 g/mol. The molecule has 1 aromatic carbocycles. The number of amides is 1. The second-order valence-electron chi connectivity index (χ2n) is 7.34. The average Bonchev–Trinajstić information content (AvgIpc) is 3.28. The largest absolute Gasteiger partial charge is 0.431 e. The fraction of sp³-hybridized carbons (Fsp3) is 0.579. The lowest BCUT2D eigenvalue weighted by Crippen LogP contribution is -2.43. The first-order valence-electron chi connectivity index (χ1n) is 8.92. The van der Waals surface area contributed by atoms with E-state index in [4.69, 9.17) is 4.42 Å². The lowest BCUT2D eigenvalue weighted by atomic mass is 9.84. The van der Waals surface area contributed by atoms with E-state index >= 15 is 0 Å². The molecule has 4 nitrogen and oxygen atoms in total. The van der Waals surface area contributed by atoms with Gasteiger partial charge in [-0.15, -0.1) is 0 Å². The lowest BCUT2D eigenvalue weighted by molar-refractivity contribution is -0.121. The molecule has 1 aromatic heterocycles. The summed E-state index contributed by atoms with van der Waals surface area (Å²) in [5, 5.41) is 3.58. The van der Waals surface area contributed by atoms with Crippen molar-refractivity contribution in [3.8, 4) is 0 Å². The smallest absolute Gasteiger partial charge is 0.257 e. The molecule has 2 aliphatic rings. The maximum atomic E-state index is 12.5. The van der Waals surface area contributed by atoms with Crippen LogP contribution < -0.4 is 5.32 Å². The van der Waals surface area contributed by atoms with E-state index in [0.717, 1.165) is 22.9 Å². The lowest BCUT2D eigenvalue weighted by Gasteiger charge is -2.29. The predicted octanol–water partition coefficient (Wildman–Crippen LogP) is 4.25. The van der Waals surface area contributed by atoms with Gasteiger partial charge in [-0.1, -0.05) is 30.3 Å².